The van der Waals surface area contributed by atoms with Crippen molar-refractivity contribution in [3.63, 3.8) is 0 Å². The molecule has 14 heteroatoms. The van der Waals surface area contributed by atoms with Crippen LogP contribution in [0.2, 0.25) is 0 Å². The molecule has 190 valence electrons. The van der Waals surface area contributed by atoms with E-state index in [0.29, 0.717) is 11.1 Å². The molecule has 0 aromatic heterocycles. The lowest BCUT2D eigenvalue weighted by Gasteiger charge is -2.21. The van der Waals surface area contributed by atoms with Crippen LogP contribution < -0.4 is 8.92 Å². The van der Waals surface area contributed by atoms with Gasteiger partial charge in [-0.3, -0.25) is 0 Å². The van der Waals surface area contributed by atoms with Gasteiger partial charge in [0.1, 0.15) is 11.5 Å². The van der Waals surface area contributed by atoms with E-state index in [1.165, 1.54) is 37.4 Å². The van der Waals surface area contributed by atoms with Crippen LogP contribution in [-0.2, 0) is 28.9 Å². The molecule has 0 saturated carbocycles. The zero-order chi connectivity index (χ0) is 26.4. The average molecular weight is 532 g/mol. The Morgan fingerprint density at radius 3 is 1.74 bits per heavy atom. The number of ether oxygens (including phenoxy) is 1. The van der Waals surface area contributed by atoms with Crippen LogP contribution in [0.4, 0.5) is 39.5 Å². The van der Waals surface area contributed by atoms with E-state index in [4.69, 9.17) is 4.74 Å². The number of benzene rings is 3. The van der Waals surface area contributed by atoms with Gasteiger partial charge in [-0.25, -0.2) is 0 Å². The first-order chi connectivity index (χ1) is 16.0. The first-order valence-corrected chi connectivity index (χ1v) is 10.7. The van der Waals surface area contributed by atoms with Gasteiger partial charge >= 0.3 is 28.0 Å². The van der Waals surface area contributed by atoms with Crippen molar-refractivity contribution in [2.75, 3.05) is 7.11 Å². The van der Waals surface area contributed by atoms with Crippen molar-refractivity contribution >= 4 is 20.9 Å². The Labute approximate surface area is 192 Å². The number of fused-ring (bicyclic) bond motifs is 1. The lowest BCUT2D eigenvalue weighted by atomic mass is 9.91. The van der Waals surface area contributed by atoms with Crippen LogP contribution in [0.5, 0.6) is 11.5 Å². The standard InChI is InChI=1S/C21H13F9O4S/c1-33-18-7-6-11(13-4-2-3-5-14(13)18)8-15-16(19(22,23)24)9-12(10-17(15)20(25,26)27)34-35(31,32)21(28,29)30/h2-7,9-10H,8H2,1H3. The maximum Gasteiger partial charge on any atom is 0.534 e. The monoisotopic (exact) mass is 532 g/mol. The highest BCUT2D eigenvalue weighted by Gasteiger charge is 2.49. The summed E-state index contributed by atoms with van der Waals surface area (Å²) in [5.41, 5.74) is -11.4. The molecule has 4 nitrogen and oxygen atoms in total. The van der Waals surface area contributed by atoms with Gasteiger partial charge in [-0.05, 0) is 41.1 Å². The van der Waals surface area contributed by atoms with Gasteiger partial charge in [0.05, 0.1) is 18.2 Å². The molecule has 0 amide bonds. The second-order valence-corrected chi connectivity index (χ2v) is 8.66. The highest BCUT2D eigenvalue weighted by atomic mass is 32.2. The van der Waals surface area contributed by atoms with E-state index in [1.807, 2.05) is 0 Å². The fraction of sp³-hybridized carbons (Fsp3) is 0.238. The minimum atomic E-state index is -6.53. The van der Waals surface area contributed by atoms with Gasteiger partial charge in [0, 0.05) is 5.39 Å². The van der Waals surface area contributed by atoms with Gasteiger partial charge in [0.25, 0.3) is 0 Å². The summed E-state index contributed by atoms with van der Waals surface area (Å²) in [6.45, 7) is 0. The Morgan fingerprint density at radius 2 is 1.29 bits per heavy atom. The summed E-state index contributed by atoms with van der Waals surface area (Å²) in [6, 6.07) is 8.22. The van der Waals surface area contributed by atoms with Crippen molar-refractivity contribution in [3.8, 4) is 11.5 Å². The minimum Gasteiger partial charge on any atom is -0.496 e. The van der Waals surface area contributed by atoms with Crippen molar-refractivity contribution in [1.29, 1.82) is 0 Å². The minimum absolute atomic E-state index is 0.0222. The average Bonchev–Trinajstić information content (AvgIpc) is 2.72. The molecule has 0 radical (unpaired) electrons. The number of methoxy groups -OCH3 is 1. The maximum atomic E-state index is 13.8. The van der Waals surface area contributed by atoms with Crippen LogP contribution >= 0.6 is 0 Å². The zero-order valence-corrected chi connectivity index (χ0v) is 18.1. The molecule has 0 bridgehead atoms. The molecule has 0 saturated heterocycles. The van der Waals surface area contributed by atoms with E-state index >= 15 is 0 Å². The highest BCUT2D eigenvalue weighted by Crippen LogP contribution is 2.44. The van der Waals surface area contributed by atoms with Crippen LogP contribution in [0.15, 0.2) is 48.5 Å². The second-order valence-electron chi connectivity index (χ2n) is 7.12. The van der Waals surface area contributed by atoms with Crippen LogP contribution in [0.1, 0.15) is 22.3 Å². The fourth-order valence-corrected chi connectivity index (χ4v) is 3.86. The van der Waals surface area contributed by atoms with Gasteiger partial charge in [0.15, 0.2) is 0 Å². The van der Waals surface area contributed by atoms with Gasteiger partial charge < -0.3 is 8.92 Å². The summed E-state index contributed by atoms with van der Waals surface area (Å²) in [4.78, 5) is 0. The molecule has 0 fully saturated rings. The van der Waals surface area contributed by atoms with Gasteiger partial charge in [-0.2, -0.15) is 47.9 Å². The van der Waals surface area contributed by atoms with E-state index in [2.05, 4.69) is 4.18 Å². The third kappa shape index (κ3) is 5.41. The van der Waals surface area contributed by atoms with Crippen LogP contribution in [0.3, 0.4) is 0 Å². The Balaban J connectivity index is 2.28. The van der Waals surface area contributed by atoms with E-state index < -0.39 is 56.8 Å². The predicted molar refractivity (Wildman–Crippen MR) is 105 cm³/mol. The molecule has 0 aliphatic carbocycles. The fourth-order valence-electron chi connectivity index (χ4n) is 3.42. The van der Waals surface area contributed by atoms with Crippen molar-refractivity contribution in [2.45, 2.75) is 24.3 Å². The van der Waals surface area contributed by atoms with Crippen molar-refractivity contribution in [1.82, 2.24) is 0 Å². The normalized spacial score (nSPS) is 13.2. The third-order valence-corrected chi connectivity index (χ3v) is 5.86. The number of alkyl halides is 9. The number of hydrogen-bond donors (Lipinski definition) is 0. The molecule has 0 aliphatic rings. The summed E-state index contributed by atoms with van der Waals surface area (Å²) >= 11 is 0. The third-order valence-electron chi connectivity index (χ3n) is 4.89. The molecule has 0 unspecified atom stereocenters. The van der Waals surface area contributed by atoms with E-state index in [9.17, 15) is 47.9 Å². The molecule has 0 aliphatic heterocycles. The summed E-state index contributed by atoms with van der Waals surface area (Å²) in [6.07, 6.45) is -11.9. The molecule has 0 heterocycles. The lowest BCUT2D eigenvalue weighted by Crippen LogP contribution is -2.28. The lowest BCUT2D eigenvalue weighted by molar-refractivity contribution is -0.144. The molecule has 3 rings (SSSR count). The van der Waals surface area contributed by atoms with Gasteiger partial charge in [-0.15, -0.1) is 0 Å². The molecule has 0 N–H and O–H groups in total. The number of hydrogen-bond acceptors (Lipinski definition) is 4. The van der Waals surface area contributed by atoms with E-state index in [-0.39, 0.29) is 23.1 Å². The van der Waals surface area contributed by atoms with Crippen LogP contribution in [0, 0.1) is 0 Å². The van der Waals surface area contributed by atoms with Crippen molar-refractivity contribution in [2.24, 2.45) is 0 Å². The molecule has 0 atom stereocenters. The first kappa shape index (κ1) is 26.4. The van der Waals surface area contributed by atoms with Crippen LogP contribution in [-0.4, -0.2) is 21.0 Å². The van der Waals surface area contributed by atoms with E-state index in [0.717, 1.165) is 0 Å². The quantitative estimate of drug-likeness (QED) is 0.208. The number of halogens is 9. The Morgan fingerprint density at radius 1 is 0.771 bits per heavy atom. The molecule has 3 aromatic rings. The van der Waals surface area contributed by atoms with Crippen LogP contribution in [0.25, 0.3) is 10.8 Å². The van der Waals surface area contributed by atoms with Crippen molar-refractivity contribution in [3.05, 3.63) is 70.8 Å². The summed E-state index contributed by atoms with van der Waals surface area (Å²) in [7, 11) is -5.21. The second kappa shape index (κ2) is 8.81. The molecular formula is C21H13F9O4S. The Bertz CT molecular complexity index is 1320. The number of rotatable bonds is 5. The molecule has 3 aromatic carbocycles. The van der Waals surface area contributed by atoms with Gasteiger partial charge in [0.2, 0.25) is 0 Å². The highest BCUT2D eigenvalue weighted by molar-refractivity contribution is 7.88. The Kier molecular flexibility index (Phi) is 6.65. The largest absolute Gasteiger partial charge is 0.534 e. The first-order valence-electron chi connectivity index (χ1n) is 9.32. The topological polar surface area (TPSA) is 52.6 Å². The summed E-state index contributed by atoms with van der Waals surface area (Å²) in [5, 5.41) is 0.666. The molecule has 35 heavy (non-hydrogen) atoms. The predicted octanol–water partition coefficient (Wildman–Crippen LogP) is 6.71. The smallest absolute Gasteiger partial charge is 0.496 e. The van der Waals surface area contributed by atoms with Crippen molar-refractivity contribution < 1.29 is 56.9 Å². The molecular weight excluding hydrogens is 519 g/mol. The summed E-state index contributed by atoms with van der Waals surface area (Å²) in [5.74, 6) is -1.48. The van der Waals surface area contributed by atoms with E-state index in [1.54, 1.807) is 6.07 Å². The van der Waals surface area contributed by atoms with Gasteiger partial charge in [-0.1, -0.05) is 30.3 Å². The maximum absolute atomic E-state index is 13.8. The SMILES string of the molecule is COc1ccc(Cc2c(C(F)(F)F)cc(OS(=O)(=O)C(F)(F)F)cc2C(F)(F)F)c2ccccc12. The Hall–Kier alpha value is -3.16. The summed E-state index contributed by atoms with van der Waals surface area (Å²) < 4.78 is 152. The zero-order valence-electron chi connectivity index (χ0n) is 17.3. The molecule has 0 spiro atoms.